The number of rotatable bonds is 5. The number of anilines is 1. The molecule has 0 spiro atoms. The first-order chi connectivity index (χ1) is 13.3. The van der Waals surface area contributed by atoms with Crippen LogP contribution >= 0.6 is 0 Å². The van der Waals surface area contributed by atoms with E-state index in [0.29, 0.717) is 12.3 Å². The van der Waals surface area contributed by atoms with E-state index in [4.69, 9.17) is 9.47 Å². The van der Waals surface area contributed by atoms with Crippen molar-refractivity contribution in [2.45, 2.75) is 13.0 Å². The van der Waals surface area contributed by atoms with Gasteiger partial charge in [-0.25, -0.2) is 0 Å². The summed E-state index contributed by atoms with van der Waals surface area (Å²) in [6.07, 6.45) is 1.07. The van der Waals surface area contributed by atoms with Crippen molar-refractivity contribution in [3.05, 3.63) is 54.1 Å². The predicted octanol–water partition coefficient (Wildman–Crippen LogP) is 2.56. The van der Waals surface area contributed by atoms with Crippen LogP contribution in [0.1, 0.15) is 12.0 Å². The van der Waals surface area contributed by atoms with Crippen LogP contribution in [-0.2, 0) is 11.3 Å². The zero-order valence-electron chi connectivity index (χ0n) is 15.4. The largest absolute Gasteiger partial charge is 0.454 e. The molecule has 0 radical (unpaired) electrons. The zero-order valence-corrected chi connectivity index (χ0v) is 15.4. The van der Waals surface area contributed by atoms with Crippen LogP contribution in [0, 0.1) is 0 Å². The Morgan fingerprint density at radius 3 is 2.59 bits per heavy atom. The number of nitrogens with zero attached hydrogens (tertiary/aromatic N) is 2. The first kappa shape index (κ1) is 17.8. The highest BCUT2D eigenvalue weighted by atomic mass is 16.7. The summed E-state index contributed by atoms with van der Waals surface area (Å²) < 4.78 is 10.7. The van der Waals surface area contributed by atoms with Crippen LogP contribution in [0.4, 0.5) is 5.69 Å². The van der Waals surface area contributed by atoms with E-state index in [1.54, 1.807) is 0 Å². The highest BCUT2D eigenvalue weighted by Gasteiger charge is 2.18. The van der Waals surface area contributed by atoms with Crippen molar-refractivity contribution in [2.75, 3.05) is 44.8 Å². The number of benzene rings is 2. The van der Waals surface area contributed by atoms with E-state index in [1.807, 2.05) is 24.3 Å². The summed E-state index contributed by atoms with van der Waals surface area (Å²) in [6, 6.07) is 16.0. The van der Waals surface area contributed by atoms with Crippen LogP contribution in [0.5, 0.6) is 11.5 Å². The lowest BCUT2D eigenvalue weighted by Crippen LogP contribution is -2.36. The van der Waals surface area contributed by atoms with Gasteiger partial charge >= 0.3 is 0 Å². The molecule has 4 rings (SSSR count). The molecule has 1 fully saturated rings. The number of amides is 1. The highest BCUT2D eigenvalue weighted by Crippen LogP contribution is 2.34. The first-order valence-corrected chi connectivity index (χ1v) is 9.44. The molecule has 0 aromatic heterocycles. The average molecular weight is 367 g/mol. The Labute approximate surface area is 159 Å². The van der Waals surface area contributed by atoms with Crippen molar-refractivity contribution in [2.24, 2.45) is 0 Å². The van der Waals surface area contributed by atoms with Crippen molar-refractivity contribution in [3.63, 3.8) is 0 Å². The maximum atomic E-state index is 12.4. The summed E-state index contributed by atoms with van der Waals surface area (Å²) in [5.41, 5.74) is 2.08. The standard InChI is InChI=1S/C21H25N3O3/c25-21(22-18-7-8-19-20(13-18)27-16-26-19)15-24-10-4-9-23(11-12-24)14-17-5-2-1-3-6-17/h1-3,5-8,13H,4,9-12,14-16H2,(H,22,25). The molecule has 1 saturated heterocycles. The van der Waals surface area contributed by atoms with E-state index in [-0.39, 0.29) is 12.7 Å². The molecule has 0 atom stereocenters. The van der Waals surface area contributed by atoms with Gasteiger partial charge in [-0.2, -0.15) is 0 Å². The Balaban J connectivity index is 1.26. The van der Waals surface area contributed by atoms with Crippen LogP contribution in [0.2, 0.25) is 0 Å². The van der Waals surface area contributed by atoms with Crippen LogP contribution in [0.15, 0.2) is 48.5 Å². The fourth-order valence-corrected chi connectivity index (χ4v) is 3.56. The Hall–Kier alpha value is -2.57. The van der Waals surface area contributed by atoms with Gasteiger partial charge in [-0.3, -0.25) is 14.6 Å². The number of nitrogens with one attached hydrogen (secondary N) is 1. The topological polar surface area (TPSA) is 54.0 Å². The molecule has 27 heavy (non-hydrogen) atoms. The van der Waals surface area contributed by atoms with Gasteiger partial charge in [-0.15, -0.1) is 0 Å². The fourth-order valence-electron chi connectivity index (χ4n) is 3.56. The molecule has 0 aliphatic carbocycles. The third kappa shape index (κ3) is 4.78. The Kier molecular flexibility index (Phi) is 5.55. The van der Waals surface area contributed by atoms with Gasteiger partial charge < -0.3 is 14.8 Å². The normalized spacial score (nSPS) is 17.5. The molecule has 2 aliphatic heterocycles. The highest BCUT2D eigenvalue weighted by molar-refractivity contribution is 5.92. The molecule has 0 saturated carbocycles. The summed E-state index contributed by atoms with van der Waals surface area (Å²) >= 11 is 0. The third-order valence-electron chi connectivity index (χ3n) is 4.95. The maximum absolute atomic E-state index is 12.4. The molecule has 1 N–H and O–H groups in total. The van der Waals surface area contributed by atoms with Gasteiger partial charge in [-0.1, -0.05) is 30.3 Å². The van der Waals surface area contributed by atoms with Crippen LogP contribution in [-0.4, -0.2) is 55.2 Å². The van der Waals surface area contributed by atoms with Crippen molar-refractivity contribution in [1.82, 2.24) is 9.80 Å². The lowest BCUT2D eigenvalue weighted by atomic mass is 10.2. The lowest BCUT2D eigenvalue weighted by Gasteiger charge is -2.21. The van der Waals surface area contributed by atoms with Gasteiger partial charge in [0, 0.05) is 31.4 Å². The number of fused-ring (bicyclic) bond motifs is 1. The van der Waals surface area contributed by atoms with E-state index in [0.717, 1.165) is 50.6 Å². The van der Waals surface area contributed by atoms with Crippen LogP contribution in [0.3, 0.4) is 0 Å². The van der Waals surface area contributed by atoms with Gasteiger partial charge in [-0.05, 0) is 37.2 Å². The number of carbonyl (C=O) groups is 1. The van der Waals surface area contributed by atoms with Crippen LogP contribution < -0.4 is 14.8 Å². The quantitative estimate of drug-likeness (QED) is 0.880. The summed E-state index contributed by atoms with van der Waals surface area (Å²) in [6.45, 7) is 5.51. The number of ether oxygens (including phenoxy) is 2. The molecule has 2 aromatic carbocycles. The molecule has 0 unspecified atom stereocenters. The van der Waals surface area contributed by atoms with Gasteiger partial charge in [0.2, 0.25) is 12.7 Å². The van der Waals surface area contributed by atoms with Gasteiger partial charge in [0.1, 0.15) is 0 Å². The number of hydrogen-bond acceptors (Lipinski definition) is 5. The van der Waals surface area contributed by atoms with Gasteiger partial charge in [0.25, 0.3) is 0 Å². The predicted molar refractivity (Wildman–Crippen MR) is 104 cm³/mol. The first-order valence-electron chi connectivity index (χ1n) is 9.44. The molecule has 0 bridgehead atoms. The molecule has 2 aliphatic rings. The van der Waals surface area contributed by atoms with E-state index >= 15 is 0 Å². The minimum Gasteiger partial charge on any atom is -0.454 e. The van der Waals surface area contributed by atoms with Crippen molar-refractivity contribution < 1.29 is 14.3 Å². The molecule has 142 valence electrons. The molecule has 2 aromatic rings. The van der Waals surface area contributed by atoms with Gasteiger partial charge in [0.05, 0.1) is 6.54 Å². The fraction of sp³-hybridized carbons (Fsp3) is 0.381. The van der Waals surface area contributed by atoms with E-state index < -0.39 is 0 Å². The summed E-state index contributed by atoms with van der Waals surface area (Å²) in [7, 11) is 0. The Bertz CT molecular complexity index is 781. The second-order valence-corrected chi connectivity index (χ2v) is 7.01. The molecule has 6 nitrogen and oxygen atoms in total. The second kappa shape index (κ2) is 8.41. The summed E-state index contributed by atoms with van der Waals surface area (Å²) in [5.74, 6) is 1.41. The number of carbonyl (C=O) groups excluding carboxylic acids is 1. The third-order valence-corrected chi connectivity index (χ3v) is 4.95. The molecule has 6 heteroatoms. The second-order valence-electron chi connectivity index (χ2n) is 7.01. The van der Waals surface area contributed by atoms with E-state index in [9.17, 15) is 4.79 Å². The van der Waals surface area contributed by atoms with E-state index in [1.165, 1.54) is 5.56 Å². The van der Waals surface area contributed by atoms with E-state index in [2.05, 4.69) is 39.4 Å². The molecule has 1 amide bonds. The van der Waals surface area contributed by atoms with Gasteiger partial charge in [0.15, 0.2) is 11.5 Å². The smallest absolute Gasteiger partial charge is 0.238 e. The van der Waals surface area contributed by atoms with Crippen molar-refractivity contribution in [3.8, 4) is 11.5 Å². The molecule has 2 heterocycles. The van der Waals surface area contributed by atoms with Crippen LogP contribution in [0.25, 0.3) is 0 Å². The average Bonchev–Trinajstić information content (AvgIpc) is 3.03. The monoisotopic (exact) mass is 367 g/mol. The maximum Gasteiger partial charge on any atom is 0.238 e. The molecular weight excluding hydrogens is 342 g/mol. The Morgan fingerprint density at radius 1 is 0.926 bits per heavy atom. The van der Waals surface area contributed by atoms with Crippen molar-refractivity contribution >= 4 is 11.6 Å². The minimum atomic E-state index is 0.00498. The summed E-state index contributed by atoms with van der Waals surface area (Å²) in [4.78, 5) is 17.1. The minimum absolute atomic E-state index is 0.00498. The molecular formula is C21H25N3O3. The SMILES string of the molecule is O=C(CN1CCCN(Cc2ccccc2)CC1)Nc1ccc2c(c1)OCO2. The Morgan fingerprint density at radius 2 is 1.70 bits per heavy atom. The lowest BCUT2D eigenvalue weighted by molar-refractivity contribution is -0.117. The number of hydrogen-bond donors (Lipinski definition) is 1. The van der Waals surface area contributed by atoms with Crippen molar-refractivity contribution in [1.29, 1.82) is 0 Å². The zero-order chi connectivity index (χ0) is 18.5. The summed E-state index contributed by atoms with van der Waals surface area (Å²) in [5, 5.41) is 2.96.